The van der Waals surface area contributed by atoms with Crippen molar-refractivity contribution in [2.75, 3.05) is 24.6 Å². The Morgan fingerprint density at radius 2 is 1.82 bits per heavy atom. The van der Waals surface area contributed by atoms with Crippen molar-refractivity contribution in [1.82, 2.24) is 15.5 Å². The van der Waals surface area contributed by atoms with Crippen molar-refractivity contribution in [2.24, 2.45) is 11.7 Å². The van der Waals surface area contributed by atoms with Crippen LogP contribution in [0, 0.1) is 5.92 Å². The van der Waals surface area contributed by atoms with Crippen LogP contribution in [0.3, 0.4) is 0 Å². The second-order valence-corrected chi connectivity index (χ2v) is 12.7. The first-order valence-electron chi connectivity index (χ1n) is 12.4. The van der Waals surface area contributed by atoms with Gasteiger partial charge in [0.15, 0.2) is 6.10 Å². The van der Waals surface area contributed by atoms with Crippen molar-refractivity contribution in [3.05, 3.63) is 0 Å². The van der Waals surface area contributed by atoms with E-state index in [1.165, 1.54) is 6.42 Å². The van der Waals surface area contributed by atoms with Gasteiger partial charge in [-0.05, 0) is 32.1 Å². The van der Waals surface area contributed by atoms with Crippen molar-refractivity contribution < 1.29 is 19.5 Å². The van der Waals surface area contributed by atoms with Crippen LogP contribution < -0.4 is 16.4 Å². The maximum absolute atomic E-state index is 13.5. The Morgan fingerprint density at radius 1 is 1.15 bits per heavy atom. The summed E-state index contributed by atoms with van der Waals surface area (Å²) in [5.41, 5.74) is 6.46. The molecule has 0 bridgehead atoms. The monoisotopic (exact) mass is 500 g/mol. The molecular formula is C23H40N4O4S2. The third-order valence-electron chi connectivity index (χ3n) is 7.06. The molecule has 4 atom stereocenters. The maximum atomic E-state index is 13.5. The first-order valence-corrected chi connectivity index (χ1v) is 14.4. The summed E-state index contributed by atoms with van der Waals surface area (Å²) in [4.78, 5) is 40.9. The lowest BCUT2D eigenvalue weighted by molar-refractivity contribution is -0.141. The Labute approximate surface area is 205 Å². The van der Waals surface area contributed by atoms with Gasteiger partial charge in [0.05, 0.1) is 16.2 Å². The van der Waals surface area contributed by atoms with Gasteiger partial charge in [-0.2, -0.15) is 0 Å². The lowest BCUT2D eigenvalue weighted by Crippen LogP contribution is -2.57. The number of likely N-dealkylation sites (N-methyl/N-ethyl adjacent to an activating group) is 1. The minimum absolute atomic E-state index is 0.136. The molecule has 1 spiro atoms. The van der Waals surface area contributed by atoms with E-state index in [1.54, 1.807) is 11.8 Å². The van der Waals surface area contributed by atoms with Crippen LogP contribution in [0.2, 0.25) is 0 Å². The fourth-order valence-electron chi connectivity index (χ4n) is 5.26. The average Bonchev–Trinajstić information content (AvgIpc) is 3.45. The van der Waals surface area contributed by atoms with Crippen LogP contribution in [0.1, 0.15) is 65.2 Å². The number of nitrogens with two attached hydrogens (primary N) is 1. The number of aliphatic hydroxyl groups excluding tert-OH is 1. The molecule has 33 heavy (non-hydrogen) atoms. The van der Waals surface area contributed by atoms with Gasteiger partial charge >= 0.3 is 0 Å². The molecule has 3 amide bonds. The minimum atomic E-state index is -1.33. The number of hydrogen-bond donors (Lipinski definition) is 4. The number of nitrogens with zero attached hydrogens (tertiary/aromatic N) is 1. The molecule has 1 saturated carbocycles. The SMILES string of the molecule is CCCC(NC(=O)[C@@H]1CC2(CN1C(=O)C(N)C1CCCCC1)SCCS2)C(O)C(=O)NCC. The van der Waals surface area contributed by atoms with Crippen LogP contribution in [-0.4, -0.2) is 80.6 Å². The van der Waals surface area contributed by atoms with Gasteiger partial charge in [-0.25, -0.2) is 0 Å². The zero-order valence-electron chi connectivity index (χ0n) is 19.9. The zero-order valence-corrected chi connectivity index (χ0v) is 21.5. The van der Waals surface area contributed by atoms with E-state index in [4.69, 9.17) is 5.73 Å². The van der Waals surface area contributed by atoms with Crippen LogP contribution in [0.4, 0.5) is 0 Å². The van der Waals surface area contributed by atoms with Gasteiger partial charge in [0.1, 0.15) is 6.04 Å². The van der Waals surface area contributed by atoms with Crippen LogP contribution in [-0.2, 0) is 14.4 Å². The number of carbonyl (C=O) groups is 3. The van der Waals surface area contributed by atoms with E-state index in [2.05, 4.69) is 10.6 Å². The highest BCUT2D eigenvalue weighted by Crippen LogP contribution is 2.52. The molecule has 188 valence electrons. The largest absolute Gasteiger partial charge is 0.381 e. The summed E-state index contributed by atoms with van der Waals surface area (Å²) in [6.07, 6.45) is 5.73. The average molecular weight is 501 g/mol. The molecule has 0 aromatic heterocycles. The normalized spacial score (nSPS) is 25.6. The molecule has 5 N–H and O–H groups in total. The molecule has 3 unspecified atom stereocenters. The lowest BCUT2D eigenvalue weighted by Gasteiger charge is -2.33. The van der Waals surface area contributed by atoms with Crippen molar-refractivity contribution in [3.8, 4) is 0 Å². The van der Waals surface area contributed by atoms with Crippen LogP contribution in [0.25, 0.3) is 0 Å². The molecule has 0 radical (unpaired) electrons. The van der Waals surface area contributed by atoms with Crippen molar-refractivity contribution in [3.63, 3.8) is 0 Å². The summed E-state index contributed by atoms with van der Waals surface area (Å²) >= 11 is 3.65. The van der Waals surface area contributed by atoms with Crippen LogP contribution in [0.5, 0.6) is 0 Å². The van der Waals surface area contributed by atoms with Gasteiger partial charge < -0.3 is 26.4 Å². The van der Waals surface area contributed by atoms with Gasteiger partial charge in [-0.15, -0.1) is 23.5 Å². The van der Waals surface area contributed by atoms with Gasteiger partial charge in [0, 0.05) is 31.0 Å². The predicted molar refractivity (Wildman–Crippen MR) is 134 cm³/mol. The Morgan fingerprint density at radius 3 is 2.42 bits per heavy atom. The number of amides is 3. The summed E-state index contributed by atoms with van der Waals surface area (Å²) in [6.45, 7) is 4.64. The smallest absolute Gasteiger partial charge is 0.250 e. The highest BCUT2D eigenvalue weighted by Gasteiger charge is 2.52. The third-order valence-corrected chi connectivity index (χ3v) is 10.5. The van der Waals surface area contributed by atoms with E-state index in [0.29, 0.717) is 32.4 Å². The molecule has 2 aliphatic heterocycles. The van der Waals surface area contributed by atoms with E-state index >= 15 is 0 Å². The third kappa shape index (κ3) is 6.38. The molecule has 3 rings (SSSR count). The molecule has 3 aliphatic rings. The van der Waals surface area contributed by atoms with Gasteiger partial charge in [-0.3, -0.25) is 14.4 Å². The lowest BCUT2D eigenvalue weighted by atomic mass is 9.83. The first-order chi connectivity index (χ1) is 15.8. The number of nitrogens with one attached hydrogen (secondary N) is 2. The Kier molecular flexibility index (Phi) is 9.79. The molecule has 2 heterocycles. The minimum Gasteiger partial charge on any atom is -0.381 e. The van der Waals surface area contributed by atoms with Crippen LogP contribution >= 0.6 is 23.5 Å². The Hall–Kier alpha value is -0.970. The van der Waals surface area contributed by atoms with Crippen molar-refractivity contribution >= 4 is 41.2 Å². The molecular weight excluding hydrogens is 460 g/mol. The van der Waals surface area contributed by atoms with E-state index in [9.17, 15) is 19.5 Å². The summed E-state index contributed by atoms with van der Waals surface area (Å²) in [7, 11) is 0. The Balaban J connectivity index is 1.75. The standard InChI is InChI=1S/C23H40N4O4S2/c1-3-8-16(19(28)21(30)25-4-2)26-20(29)17-13-23(32-11-12-33-23)14-27(17)22(31)18(24)15-9-6-5-7-10-15/h15-19,28H,3-14,24H2,1-2H3,(H,25,30)(H,26,29)/t16?,17-,18?,19?/m0/s1. The zero-order chi connectivity index (χ0) is 24.0. The highest BCUT2D eigenvalue weighted by molar-refractivity contribution is 8.21. The van der Waals surface area contributed by atoms with Gasteiger partial charge in [0.25, 0.3) is 5.91 Å². The molecule has 3 fully saturated rings. The summed E-state index contributed by atoms with van der Waals surface area (Å²) in [6, 6.07) is -1.91. The molecule has 0 aromatic carbocycles. The van der Waals surface area contributed by atoms with E-state index in [-0.39, 0.29) is 21.8 Å². The van der Waals surface area contributed by atoms with Gasteiger partial charge in [-0.1, -0.05) is 32.6 Å². The molecule has 2 saturated heterocycles. The number of rotatable bonds is 9. The second kappa shape index (κ2) is 12.1. The number of carbonyl (C=O) groups excluding carboxylic acids is 3. The second-order valence-electron chi connectivity index (χ2n) is 9.46. The van der Waals surface area contributed by atoms with Crippen LogP contribution in [0.15, 0.2) is 0 Å². The summed E-state index contributed by atoms with van der Waals surface area (Å²) in [5, 5.41) is 16.1. The van der Waals surface area contributed by atoms with Crippen molar-refractivity contribution in [2.45, 2.75) is 93.5 Å². The highest BCUT2D eigenvalue weighted by atomic mass is 32.2. The summed E-state index contributed by atoms with van der Waals surface area (Å²) < 4.78 is -0.178. The number of aliphatic hydroxyl groups is 1. The number of hydrogen-bond acceptors (Lipinski definition) is 7. The van der Waals surface area contributed by atoms with E-state index in [0.717, 1.165) is 37.2 Å². The summed E-state index contributed by atoms with van der Waals surface area (Å²) in [5.74, 6) is 1.25. The van der Waals surface area contributed by atoms with E-state index < -0.39 is 30.1 Å². The predicted octanol–water partition coefficient (Wildman–Crippen LogP) is 1.45. The topological polar surface area (TPSA) is 125 Å². The molecule has 10 heteroatoms. The quantitative estimate of drug-likeness (QED) is 0.378. The molecule has 8 nitrogen and oxygen atoms in total. The fraction of sp³-hybridized carbons (Fsp3) is 0.870. The van der Waals surface area contributed by atoms with Gasteiger partial charge in [0.2, 0.25) is 11.8 Å². The van der Waals surface area contributed by atoms with E-state index in [1.807, 2.05) is 30.4 Å². The number of likely N-dealkylation sites (tertiary alicyclic amines) is 1. The van der Waals surface area contributed by atoms with Crippen molar-refractivity contribution in [1.29, 1.82) is 0 Å². The fourth-order valence-corrected chi connectivity index (χ4v) is 8.51. The first kappa shape index (κ1) is 26.6. The number of thioether (sulfide) groups is 2. The molecule has 1 aliphatic carbocycles. The Bertz CT molecular complexity index is 698. The maximum Gasteiger partial charge on any atom is 0.250 e. The molecule has 0 aromatic rings.